The number of hydrogen-bond donors (Lipinski definition) is 2. The van der Waals surface area contributed by atoms with E-state index in [0.717, 1.165) is 0 Å². The molecule has 0 aliphatic carbocycles. The van der Waals surface area contributed by atoms with Crippen molar-refractivity contribution in [3.8, 4) is 0 Å². The number of nitrogens with one attached hydrogen (secondary N) is 1. The molecule has 7 nitrogen and oxygen atoms in total. The Morgan fingerprint density at radius 2 is 1.88 bits per heavy atom. The molecule has 1 aromatic rings. The summed E-state index contributed by atoms with van der Waals surface area (Å²) < 4.78 is 26.3. The summed E-state index contributed by atoms with van der Waals surface area (Å²) in [6, 6.07) is 6.57. The van der Waals surface area contributed by atoms with Gasteiger partial charge in [-0.15, -0.1) is 0 Å². The number of sulfonamides is 1. The fraction of sp³-hybridized carbons (Fsp3) is 0.556. The summed E-state index contributed by atoms with van der Waals surface area (Å²) in [7, 11) is -3.24. The molecule has 26 heavy (non-hydrogen) atoms. The maximum absolute atomic E-state index is 12.4. The van der Waals surface area contributed by atoms with E-state index >= 15 is 0 Å². The number of carbonyl (C=O) groups is 2. The number of benzene rings is 1. The monoisotopic (exact) mass is 382 g/mol. The van der Waals surface area contributed by atoms with Gasteiger partial charge in [-0.25, -0.2) is 17.9 Å². The molecule has 144 valence electrons. The Morgan fingerprint density at radius 1 is 1.23 bits per heavy atom. The van der Waals surface area contributed by atoms with Gasteiger partial charge in [-0.05, 0) is 37.3 Å². The van der Waals surface area contributed by atoms with Gasteiger partial charge in [-0.2, -0.15) is 0 Å². The third-order valence-corrected chi connectivity index (χ3v) is 6.16. The maximum Gasteiger partial charge on any atom is 0.335 e. The number of likely N-dealkylation sites (tertiary alicyclic amines) is 1. The third kappa shape index (κ3) is 5.81. The first-order chi connectivity index (χ1) is 12.3. The highest BCUT2D eigenvalue weighted by Crippen LogP contribution is 2.16. The van der Waals surface area contributed by atoms with Gasteiger partial charge in [0, 0.05) is 25.6 Å². The van der Waals surface area contributed by atoms with Gasteiger partial charge in [-0.1, -0.05) is 25.1 Å². The van der Waals surface area contributed by atoms with Crippen LogP contribution in [0.25, 0.3) is 0 Å². The van der Waals surface area contributed by atoms with E-state index in [1.807, 2.05) is 6.92 Å². The molecule has 1 aliphatic heterocycles. The average molecular weight is 382 g/mol. The van der Waals surface area contributed by atoms with Gasteiger partial charge in [0.25, 0.3) is 0 Å². The number of carboxylic acid groups (broad SMARTS) is 1. The fourth-order valence-corrected chi connectivity index (χ4v) is 4.57. The van der Waals surface area contributed by atoms with E-state index in [9.17, 15) is 23.1 Å². The lowest BCUT2D eigenvalue weighted by Gasteiger charge is -2.32. The summed E-state index contributed by atoms with van der Waals surface area (Å²) in [4.78, 5) is 25.3. The van der Waals surface area contributed by atoms with Crippen molar-refractivity contribution in [2.75, 3.05) is 18.8 Å². The normalized spacial score (nSPS) is 15.8. The molecule has 2 rings (SSSR count). The highest BCUT2D eigenvalue weighted by atomic mass is 32.2. The molecule has 0 spiro atoms. The lowest BCUT2D eigenvalue weighted by atomic mass is 10.0. The first kappa shape index (κ1) is 20.4. The SMILES string of the molecule is CCCS(=O)(=O)NC1CCN(C(=O)CCc2ccccc2C(=O)O)CC1. The molecular formula is C18H26N2O5S. The molecule has 1 aromatic carbocycles. The molecular weight excluding hydrogens is 356 g/mol. The van der Waals surface area contributed by atoms with Crippen LogP contribution in [0.5, 0.6) is 0 Å². The first-order valence-corrected chi connectivity index (χ1v) is 10.6. The van der Waals surface area contributed by atoms with Gasteiger partial charge in [0.2, 0.25) is 15.9 Å². The van der Waals surface area contributed by atoms with Crippen molar-refractivity contribution in [2.24, 2.45) is 0 Å². The Kier molecular flexibility index (Phi) is 7.16. The topological polar surface area (TPSA) is 104 Å². The zero-order chi connectivity index (χ0) is 19.2. The molecule has 0 saturated carbocycles. The second-order valence-corrected chi connectivity index (χ2v) is 8.43. The van der Waals surface area contributed by atoms with E-state index in [4.69, 9.17) is 0 Å². The minimum atomic E-state index is -3.24. The van der Waals surface area contributed by atoms with Gasteiger partial charge in [0.15, 0.2) is 0 Å². The van der Waals surface area contributed by atoms with Crippen LogP contribution in [-0.2, 0) is 21.2 Å². The summed E-state index contributed by atoms with van der Waals surface area (Å²) in [5.74, 6) is -0.900. The van der Waals surface area contributed by atoms with Crippen molar-refractivity contribution in [1.29, 1.82) is 0 Å². The number of nitrogens with zero attached hydrogens (tertiary/aromatic N) is 1. The van der Waals surface area contributed by atoms with Crippen LogP contribution >= 0.6 is 0 Å². The number of aryl methyl sites for hydroxylation is 1. The fourth-order valence-electron chi connectivity index (χ4n) is 3.17. The van der Waals surface area contributed by atoms with Crippen molar-refractivity contribution in [3.05, 3.63) is 35.4 Å². The molecule has 0 aromatic heterocycles. The molecule has 0 atom stereocenters. The number of carbonyl (C=O) groups excluding carboxylic acids is 1. The summed E-state index contributed by atoms with van der Waals surface area (Å²) in [6.07, 6.45) is 2.40. The summed E-state index contributed by atoms with van der Waals surface area (Å²) in [5.41, 5.74) is 0.875. The van der Waals surface area contributed by atoms with E-state index in [2.05, 4.69) is 4.72 Å². The van der Waals surface area contributed by atoms with E-state index < -0.39 is 16.0 Å². The van der Waals surface area contributed by atoms with Crippen molar-refractivity contribution in [1.82, 2.24) is 9.62 Å². The first-order valence-electron chi connectivity index (χ1n) is 8.91. The number of amides is 1. The number of rotatable bonds is 8. The molecule has 1 aliphatic rings. The molecule has 1 saturated heterocycles. The van der Waals surface area contributed by atoms with Gasteiger partial charge < -0.3 is 10.0 Å². The molecule has 1 fully saturated rings. The summed E-state index contributed by atoms with van der Waals surface area (Å²) in [5, 5.41) is 9.19. The molecule has 2 N–H and O–H groups in total. The van der Waals surface area contributed by atoms with Crippen LogP contribution in [0.2, 0.25) is 0 Å². The van der Waals surface area contributed by atoms with Crippen molar-refractivity contribution in [3.63, 3.8) is 0 Å². The number of carboxylic acids is 1. The van der Waals surface area contributed by atoms with Crippen LogP contribution in [-0.4, -0.2) is 55.2 Å². The molecule has 1 amide bonds. The predicted molar refractivity (Wildman–Crippen MR) is 98.5 cm³/mol. The van der Waals surface area contributed by atoms with Gasteiger partial charge in [0.1, 0.15) is 0 Å². The summed E-state index contributed by atoms with van der Waals surface area (Å²) in [6.45, 7) is 2.85. The minimum absolute atomic E-state index is 0.0277. The Hall–Kier alpha value is -1.93. The third-order valence-electron chi connectivity index (χ3n) is 4.52. The second-order valence-electron chi connectivity index (χ2n) is 6.55. The van der Waals surface area contributed by atoms with Crippen LogP contribution < -0.4 is 4.72 Å². The van der Waals surface area contributed by atoms with Crippen molar-refractivity contribution < 1.29 is 23.1 Å². The van der Waals surface area contributed by atoms with Crippen LogP contribution in [0, 0.1) is 0 Å². The average Bonchev–Trinajstić information content (AvgIpc) is 2.60. The van der Waals surface area contributed by atoms with Crippen molar-refractivity contribution in [2.45, 2.75) is 45.1 Å². The van der Waals surface area contributed by atoms with Gasteiger partial charge in [0.05, 0.1) is 11.3 Å². The number of hydrogen-bond acceptors (Lipinski definition) is 4. The zero-order valence-electron chi connectivity index (χ0n) is 15.0. The largest absolute Gasteiger partial charge is 0.478 e. The van der Waals surface area contributed by atoms with Crippen LogP contribution in [0.1, 0.15) is 48.5 Å². The quantitative estimate of drug-likeness (QED) is 0.711. The van der Waals surface area contributed by atoms with E-state index in [1.54, 1.807) is 23.1 Å². The zero-order valence-corrected chi connectivity index (χ0v) is 15.8. The standard InChI is InChI=1S/C18H26N2O5S/c1-2-13-26(24,25)19-15-9-11-20(12-10-15)17(21)8-7-14-5-3-4-6-16(14)18(22)23/h3-6,15,19H,2,7-13H2,1H3,(H,22,23). The Bertz CT molecular complexity index is 740. The van der Waals surface area contributed by atoms with E-state index in [0.29, 0.717) is 44.3 Å². The van der Waals surface area contributed by atoms with Gasteiger partial charge >= 0.3 is 5.97 Å². The minimum Gasteiger partial charge on any atom is -0.478 e. The van der Waals surface area contributed by atoms with Crippen molar-refractivity contribution >= 4 is 21.9 Å². The molecule has 8 heteroatoms. The molecule has 0 unspecified atom stereocenters. The van der Waals surface area contributed by atoms with E-state index in [1.165, 1.54) is 6.07 Å². The molecule has 0 radical (unpaired) electrons. The Balaban J connectivity index is 1.83. The maximum atomic E-state index is 12.4. The smallest absolute Gasteiger partial charge is 0.335 e. The number of aromatic carboxylic acids is 1. The van der Waals surface area contributed by atoms with Gasteiger partial charge in [-0.3, -0.25) is 4.79 Å². The second kappa shape index (κ2) is 9.14. The Morgan fingerprint density at radius 3 is 2.50 bits per heavy atom. The van der Waals surface area contributed by atoms with Crippen LogP contribution in [0.4, 0.5) is 0 Å². The lowest BCUT2D eigenvalue weighted by Crippen LogP contribution is -2.47. The van der Waals surface area contributed by atoms with E-state index in [-0.39, 0.29) is 29.7 Å². The predicted octanol–water partition coefficient (Wildman–Crippen LogP) is 1.64. The highest BCUT2D eigenvalue weighted by Gasteiger charge is 2.25. The lowest BCUT2D eigenvalue weighted by molar-refractivity contribution is -0.132. The van der Waals surface area contributed by atoms with Crippen LogP contribution in [0.3, 0.4) is 0 Å². The molecule has 0 bridgehead atoms. The highest BCUT2D eigenvalue weighted by molar-refractivity contribution is 7.89. The Labute approximate surface area is 154 Å². The van der Waals surface area contributed by atoms with Crippen LogP contribution in [0.15, 0.2) is 24.3 Å². The molecule has 1 heterocycles. The number of piperidine rings is 1. The summed E-state index contributed by atoms with van der Waals surface area (Å²) >= 11 is 0.